The minimum absolute atomic E-state index is 0.190. The largest absolute Gasteiger partial charge is 0.469 e. The highest BCUT2D eigenvalue weighted by molar-refractivity contribution is 5.90. The van der Waals surface area contributed by atoms with Gasteiger partial charge in [-0.3, -0.25) is 14.6 Å². The lowest BCUT2D eigenvalue weighted by atomic mass is 9.86. The fourth-order valence-electron chi connectivity index (χ4n) is 9.61. The summed E-state index contributed by atoms with van der Waals surface area (Å²) in [6.45, 7) is 15.6. The van der Waals surface area contributed by atoms with Crippen LogP contribution in [0.4, 0.5) is 8.78 Å². The Morgan fingerprint density at radius 2 is 1.36 bits per heavy atom. The monoisotopic (exact) mass is 868 g/mol. The zero-order valence-electron chi connectivity index (χ0n) is 37.9. The number of rotatable bonds is 13. The summed E-state index contributed by atoms with van der Waals surface area (Å²) in [4.78, 5) is 34.5. The lowest BCUT2D eigenvalue weighted by Gasteiger charge is -2.33. The summed E-state index contributed by atoms with van der Waals surface area (Å²) in [5, 5.41) is 2.58. The van der Waals surface area contributed by atoms with Crippen molar-refractivity contribution in [3.63, 3.8) is 0 Å². The normalized spacial score (nSPS) is 17.2. The highest BCUT2D eigenvalue weighted by Gasteiger charge is 2.29. The molecule has 336 valence electrons. The van der Waals surface area contributed by atoms with Crippen LogP contribution < -0.4 is 0 Å². The molecule has 0 saturated carbocycles. The third kappa shape index (κ3) is 11.1. The van der Waals surface area contributed by atoms with Crippen molar-refractivity contribution in [3.8, 4) is 0 Å². The predicted octanol–water partition coefficient (Wildman–Crippen LogP) is 11.8. The molecule has 0 bridgehead atoms. The summed E-state index contributed by atoms with van der Waals surface area (Å²) >= 11 is 0. The summed E-state index contributed by atoms with van der Waals surface area (Å²) in [6.07, 6.45) is 8.07. The van der Waals surface area contributed by atoms with Gasteiger partial charge in [-0.15, -0.1) is 0 Å². The number of ether oxygens (including phenoxy) is 2. The molecule has 64 heavy (non-hydrogen) atoms. The van der Waals surface area contributed by atoms with E-state index in [1.807, 2.05) is 31.2 Å². The molecule has 2 fully saturated rings. The van der Waals surface area contributed by atoms with Gasteiger partial charge in [0.2, 0.25) is 0 Å². The maximum absolute atomic E-state index is 14.8. The summed E-state index contributed by atoms with van der Waals surface area (Å²) < 4.78 is 38.8. The molecule has 6 aromatic rings. The number of halogens is 2. The van der Waals surface area contributed by atoms with E-state index in [-0.39, 0.29) is 24.0 Å². The zero-order chi connectivity index (χ0) is 45.3. The lowest BCUT2D eigenvalue weighted by Crippen LogP contribution is -2.34. The first-order valence-electron chi connectivity index (χ1n) is 22.6. The molecular weight excluding hydrogens is 807 g/mol. The molecule has 4 aromatic carbocycles. The van der Waals surface area contributed by atoms with Gasteiger partial charge in [0.15, 0.2) is 0 Å². The maximum atomic E-state index is 14.8. The number of hydrogen-bond acceptors (Lipinski definition) is 6. The van der Waals surface area contributed by atoms with Gasteiger partial charge in [0.25, 0.3) is 0 Å². The molecule has 2 aromatic heterocycles. The smallest absolute Gasteiger partial charge is 0.330 e. The number of nitrogens with one attached hydrogen (secondary N) is 2. The number of aryl methyl sites for hydroxylation is 1. The molecule has 2 N–H and O–H groups in total. The van der Waals surface area contributed by atoms with Crippen LogP contribution in [0, 0.1) is 11.6 Å². The number of hydrogen-bond donors (Lipinski definition) is 2. The lowest BCUT2D eigenvalue weighted by molar-refractivity contribution is -0.140. The molecule has 8 rings (SSSR count). The zero-order valence-corrected chi connectivity index (χ0v) is 37.9. The molecule has 10 heteroatoms. The topological polar surface area (TPSA) is 90.7 Å². The first-order valence-corrected chi connectivity index (χ1v) is 22.6. The third-order valence-corrected chi connectivity index (χ3v) is 12.8. The van der Waals surface area contributed by atoms with Gasteiger partial charge in [-0.05, 0) is 128 Å². The van der Waals surface area contributed by atoms with E-state index < -0.39 is 5.97 Å². The average Bonchev–Trinajstić information content (AvgIpc) is 3.90. The van der Waals surface area contributed by atoms with Crippen molar-refractivity contribution >= 4 is 45.4 Å². The summed E-state index contributed by atoms with van der Waals surface area (Å²) in [7, 11) is 2.69. The van der Waals surface area contributed by atoms with E-state index in [0.29, 0.717) is 48.4 Å². The second-order valence-electron chi connectivity index (χ2n) is 17.7. The number of allylic oxidation sites excluding steroid dienone is 1. The van der Waals surface area contributed by atoms with Gasteiger partial charge < -0.3 is 19.4 Å². The van der Waals surface area contributed by atoms with E-state index in [2.05, 4.69) is 92.1 Å². The Balaban J connectivity index is 0.000000191. The van der Waals surface area contributed by atoms with Crippen molar-refractivity contribution in [3.05, 3.63) is 154 Å². The van der Waals surface area contributed by atoms with Crippen LogP contribution >= 0.6 is 0 Å². The minimum atomic E-state index is -0.458. The molecule has 2 atom stereocenters. The van der Waals surface area contributed by atoms with Crippen LogP contribution in [-0.4, -0.2) is 72.1 Å². The van der Waals surface area contributed by atoms with Crippen LogP contribution in [0.2, 0.25) is 0 Å². The number of methoxy groups -OCH3 is 2. The molecule has 0 radical (unpaired) electrons. The molecule has 4 heterocycles. The van der Waals surface area contributed by atoms with Gasteiger partial charge in [0, 0.05) is 83.0 Å². The number of benzene rings is 4. The van der Waals surface area contributed by atoms with Crippen molar-refractivity contribution < 1.29 is 27.8 Å². The Hall–Kier alpha value is -5.84. The van der Waals surface area contributed by atoms with E-state index in [1.165, 1.54) is 59.5 Å². The number of nitrogens with zero attached hydrogens (tertiary/aromatic N) is 2. The van der Waals surface area contributed by atoms with E-state index in [9.17, 15) is 18.4 Å². The summed E-state index contributed by atoms with van der Waals surface area (Å²) in [6, 6.07) is 27.4. The quantitative estimate of drug-likeness (QED) is 0.0887. The second kappa shape index (κ2) is 21.2. The van der Waals surface area contributed by atoms with E-state index in [0.717, 1.165) is 79.8 Å². The number of carbonyl (C=O) groups excluding carboxylic acids is 2. The Kier molecular flexibility index (Phi) is 15.3. The van der Waals surface area contributed by atoms with Crippen LogP contribution in [0.25, 0.3) is 33.5 Å². The number of likely N-dealkylation sites (tertiary alicyclic amines) is 2. The van der Waals surface area contributed by atoms with Gasteiger partial charge in [0.1, 0.15) is 11.6 Å². The SMILES string of the molecule is C=C(C)c1[nH]c2ccccc2c1C1CCCN(Cc2ccc(/C=C/C(=O)OC)cc2F)C1.COC(=O)CCc1ccc(CN2CCCC(c3c(C(C)C)[nH]c4ccccc34)C2)c(F)c1. The Morgan fingerprint density at radius 3 is 1.94 bits per heavy atom. The van der Waals surface area contributed by atoms with Gasteiger partial charge in [-0.2, -0.15) is 0 Å². The van der Waals surface area contributed by atoms with Crippen LogP contribution in [0.5, 0.6) is 0 Å². The number of aromatic nitrogens is 2. The van der Waals surface area contributed by atoms with Crippen molar-refractivity contribution in [1.29, 1.82) is 0 Å². The summed E-state index contributed by atoms with van der Waals surface area (Å²) in [5.41, 5.74) is 11.5. The third-order valence-electron chi connectivity index (χ3n) is 12.8. The highest BCUT2D eigenvalue weighted by Crippen LogP contribution is 2.39. The van der Waals surface area contributed by atoms with E-state index in [1.54, 1.807) is 18.2 Å². The standard InChI is InChI=1S/C27H33FN2O2.C27H29FN2O2/c2*1-18(2)27-26(22-8-4-5-9-24(22)29-27)21-7-6-14-30(17-21)16-20-12-10-19(15-23(20)28)11-13-25(31)32-3/h4-5,8-10,12,15,18,21,29H,6-7,11,13-14,16-17H2,1-3H3;4-5,8-13,15,21,29H,1,6-7,14,16-17H2,2-3H3/b;13-11+. The van der Waals surface area contributed by atoms with Gasteiger partial charge in [-0.1, -0.05) is 81.1 Å². The van der Waals surface area contributed by atoms with E-state index in [4.69, 9.17) is 0 Å². The van der Waals surface area contributed by atoms with Gasteiger partial charge in [-0.25, -0.2) is 13.6 Å². The van der Waals surface area contributed by atoms with Crippen molar-refractivity contribution in [2.75, 3.05) is 40.4 Å². The fraction of sp³-hybridized carbons (Fsp3) is 0.370. The van der Waals surface area contributed by atoms with Crippen molar-refractivity contribution in [1.82, 2.24) is 19.8 Å². The number of fused-ring (bicyclic) bond motifs is 2. The Labute approximate surface area is 376 Å². The Morgan fingerprint density at radius 1 is 0.781 bits per heavy atom. The molecule has 2 saturated heterocycles. The highest BCUT2D eigenvalue weighted by atomic mass is 19.1. The molecule has 0 spiro atoms. The number of piperidine rings is 2. The van der Waals surface area contributed by atoms with Crippen LogP contribution in [0.1, 0.15) is 115 Å². The molecule has 2 unspecified atom stereocenters. The first-order chi connectivity index (χ1) is 30.9. The molecule has 0 amide bonds. The molecule has 2 aliphatic heterocycles. The first kappa shape index (κ1) is 46.2. The van der Waals surface area contributed by atoms with Gasteiger partial charge >= 0.3 is 11.9 Å². The molecular formula is C54H62F2N4O4. The molecule has 2 aliphatic rings. The number of para-hydroxylation sites is 2. The summed E-state index contributed by atoms with van der Waals surface area (Å²) in [5.74, 6) is 0.0739. The van der Waals surface area contributed by atoms with Crippen molar-refractivity contribution in [2.24, 2.45) is 0 Å². The average molecular weight is 869 g/mol. The number of esters is 2. The van der Waals surface area contributed by atoms with Crippen molar-refractivity contribution in [2.45, 2.75) is 90.1 Å². The van der Waals surface area contributed by atoms with Gasteiger partial charge in [0.05, 0.1) is 14.2 Å². The maximum Gasteiger partial charge on any atom is 0.330 e. The predicted molar refractivity (Wildman–Crippen MR) is 254 cm³/mol. The molecule has 0 aliphatic carbocycles. The fourth-order valence-corrected chi connectivity index (χ4v) is 9.61. The minimum Gasteiger partial charge on any atom is -0.469 e. The van der Waals surface area contributed by atoms with Crippen LogP contribution in [0.3, 0.4) is 0 Å². The second-order valence-corrected chi connectivity index (χ2v) is 17.7. The van der Waals surface area contributed by atoms with E-state index >= 15 is 0 Å². The number of H-pyrrole nitrogens is 2. The Bertz CT molecular complexity index is 2620. The van der Waals surface area contributed by atoms with Crippen LogP contribution in [0.15, 0.2) is 97.6 Å². The number of aromatic amines is 2. The van der Waals surface area contributed by atoms with Crippen LogP contribution in [-0.2, 0) is 38.6 Å². The number of carbonyl (C=O) groups is 2. The molecule has 8 nitrogen and oxygen atoms in total.